The Balaban J connectivity index is 2.89. The Morgan fingerprint density at radius 1 is 0.909 bits per heavy atom. The van der Waals surface area contributed by atoms with Gasteiger partial charge < -0.3 is 28.8 Å². The van der Waals surface area contributed by atoms with E-state index in [2.05, 4.69) is 0 Å². The minimum Gasteiger partial charge on any atom is -0.387 e. The SMILES string of the molecule is CO[C@H]1O[C@H](COC(C)(C)C)[C@@H](O)[C@H](OC(C)(C)C)[C@H]1OC. The predicted molar refractivity (Wildman–Crippen MR) is 82.8 cm³/mol. The molecule has 1 saturated heterocycles. The van der Waals surface area contributed by atoms with Crippen LogP contribution in [0.3, 0.4) is 0 Å². The highest BCUT2D eigenvalue weighted by molar-refractivity contribution is 4.92. The van der Waals surface area contributed by atoms with Crippen molar-refractivity contribution >= 4 is 0 Å². The lowest BCUT2D eigenvalue weighted by atomic mass is 9.97. The van der Waals surface area contributed by atoms with E-state index in [4.69, 9.17) is 23.7 Å². The van der Waals surface area contributed by atoms with Gasteiger partial charge in [0.15, 0.2) is 6.29 Å². The first-order chi connectivity index (χ1) is 9.98. The molecule has 132 valence electrons. The molecule has 1 aliphatic heterocycles. The minimum absolute atomic E-state index is 0.255. The topological polar surface area (TPSA) is 66.4 Å². The van der Waals surface area contributed by atoms with Crippen LogP contribution in [0.4, 0.5) is 0 Å². The van der Waals surface area contributed by atoms with E-state index in [1.54, 1.807) is 14.2 Å². The Labute approximate surface area is 134 Å². The molecular formula is C16H32O6. The van der Waals surface area contributed by atoms with Crippen LogP contribution in [-0.2, 0) is 23.7 Å². The fourth-order valence-corrected chi connectivity index (χ4v) is 2.34. The van der Waals surface area contributed by atoms with Gasteiger partial charge in [-0.05, 0) is 41.5 Å². The first-order valence-electron chi connectivity index (χ1n) is 7.69. The van der Waals surface area contributed by atoms with E-state index in [1.165, 1.54) is 0 Å². The molecule has 1 rings (SSSR count). The van der Waals surface area contributed by atoms with Crippen molar-refractivity contribution in [3.63, 3.8) is 0 Å². The third-order valence-corrected chi connectivity index (χ3v) is 3.29. The molecule has 1 aliphatic rings. The van der Waals surface area contributed by atoms with E-state index in [1.807, 2.05) is 41.5 Å². The van der Waals surface area contributed by atoms with Gasteiger partial charge in [-0.25, -0.2) is 0 Å². The number of methoxy groups -OCH3 is 2. The van der Waals surface area contributed by atoms with Crippen LogP contribution in [0.15, 0.2) is 0 Å². The van der Waals surface area contributed by atoms with Gasteiger partial charge in [0.25, 0.3) is 0 Å². The van der Waals surface area contributed by atoms with Crippen molar-refractivity contribution in [1.82, 2.24) is 0 Å². The number of aliphatic hydroxyl groups excluding tert-OH is 1. The molecule has 6 nitrogen and oxygen atoms in total. The van der Waals surface area contributed by atoms with E-state index < -0.39 is 36.3 Å². The average molecular weight is 320 g/mol. The number of hydrogen-bond acceptors (Lipinski definition) is 6. The highest BCUT2D eigenvalue weighted by atomic mass is 16.7. The lowest BCUT2D eigenvalue weighted by Crippen LogP contribution is -2.62. The molecule has 0 bridgehead atoms. The summed E-state index contributed by atoms with van der Waals surface area (Å²) in [7, 11) is 3.10. The highest BCUT2D eigenvalue weighted by Gasteiger charge is 2.48. The molecular weight excluding hydrogens is 288 g/mol. The second kappa shape index (κ2) is 7.55. The first-order valence-corrected chi connectivity index (χ1v) is 7.69. The van der Waals surface area contributed by atoms with E-state index >= 15 is 0 Å². The first kappa shape index (κ1) is 19.8. The number of rotatable bonds is 5. The molecule has 0 aliphatic carbocycles. The van der Waals surface area contributed by atoms with Gasteiger partial charge in [0.05, 0.1) is 17.8 Å². The molecule has 1 fully saturated rings. The van der Waals surface area contributed by atoms with Crippen molar-refractivity contribution in [2.24, 2.45) is 0 Å². The van der Waals surface area contributed by atoms with E-state index in [0.717, 1.165) is 0 Å². The van der Waals surface area contributed by atoms with Crippen LogP contribution in [0.5, 0.6) is 0 Å². The third-order valence-electron chi connectivity index (χ3n) is 3.29. The van der Waals surface area contributed by atoms with Crippen molar-refractivity contribution in [1.29, 1.82) is 0 Å². The zero-order valence-corrected chi connectivity index (χ0v) is 15.1. The van der Waals surface area contributed by atoms with Gasteiger partial charge >= 0.3 is 0 Å². The molecule has 0 aromatic heterocycles. The Morgan fingerprint density at radius 2 is 1.50 bits per heavy atom. The molecule has 6 heteroatoms. The number of hydrogen-bond donors (Lipinski definition) is 1. The molecule has 0 radical (unpaired) electrons. The standard InChI is InChI=1S/C16H32O6/c1-15(2,3)20-9-10-11(17)12(22-16(4,5)6)13(18-7)14(19-8)21-10/h10-14,17H,9H2,1-8H3/t10-,11-,12+,13-,14+/m1/s1. The second-order valence-electron chi connectivity index (χ2n) is 7.59. The van der Waals surface area contributed by atoms with Gasteiger partial charge in [0.1, 0.15) is 24.4 Å². The molecule has 0 spiro atoms. The van der Waals surface area contributed by atoms with Crippen LogP contribution in [0, 0.1) is 0 Å². The molecule has 1 N–H and O–H groups in total. The zero-order valence-electron chi connectivity index (χ0n) is 15.1. The summed E-state index contributed by atoms with van der Waals surface area (Å²) in [5, 5.41) is 10.6. The molecule has 0 amide bonds. The van der Waals surface area contributed by atoms with Crippen LogP contribution < -0.4 is 0 Å². The Bertz CT molecular complexity index is 333. The van der Waals surface area contributed by atoms with Crippen LogP contribution >= 0.6 is 0 Å². The predicted octanol–water partition coefficient (Wildman–Crippen LogP) is 1.73. The lowest BCUT2D eigenvalue weighted by Gasteiger charge is -2.45. The van der Waals surface area contributed by atoms with Gasteiger partial charge in [-0.2, -0.15) is 0 Å². The quantitative estimate of drug-likeness (QED) is 0.832. The largest absolute Gasteiger partial charge is 0.387 e. The fourth-order valence-electron chi connectivity index (χ4n) is 2.34. The smallest absolute Gasteiger partial charge is 0.186 e. The summed E-state index contributed by atoms with van der Waals surface area (Å²) in [5.74, 6) is 0. The van der Waals surface area contributed by atoms with Crippen molar-refractivity contribution in [2.45, 2.75) is 83.5 Å². The molecule has 1 heterocycles. The summed E-state index contributed by atoms with van der Waals surface area (Å²) in [6, 6.07) is 0. The Morgan fingerprint density at radius 3 is 1.91 bits per heavy atom. The normalized spacial score (nSPS) is 34.0. The second-order valence-corrected chi connectivity index (χ2v) is 7.59. The highest BCUT2D eigenvalue weighted by Crippen LogP contribution is 2.29. The molecule has 5 atom stereocenters. The lowest BCUT2D eigenvalue weighted by molar-refractivity contribution is -0.320. The van der Waals surface area contributed by atoms with Crippen molar-refractivity contribution in [2.75, 3.05) is 20.8 Å². The number of ether oxygens (including phenoxy) is 5. The summed E-state index contributed by atoms with van der Waals surface area (Å²) in [6.07, 6.45) is -3.09. The molecule has 0 aromatic carbocycles. The molecule has 0 aromatic rings. The maximum absolute atomic E-state index is 10.6. The van der Waals surface area contributed by atoms with Crippen LogP contribution in [-0.4, -0.2) is 67.8 Å². The Kier molecular flexibility index (Phi) is 6.80. The third kappa shape index (κ3) is 5.76. The minimum atomic E-state index is -0.863. The summed E-state index contributed by atoms with van der Waals surface area (Å²) >= 11 is 0. The van der Waals surface area contributed by atoms with Crippen LogP contribution in [0.25, 0.3) is 0 Å². The maximum Gasteiger partial charge on any atom is 0.186 e. The summed E-state index contributed by atoms with van der Waals surface area (Å²) in [6.45, 7) is 11.9. The maximum atomic E-state index is 10.6. The summed E-state index contributed by atoms with van der Waals surface area (Å²) in [5.41, 5.74) is -0.738. The summed E-state index contributed by atoms with van der Waals surface area (Å²) in [4.78, 5) is 0. The van der Waals surface area contributed by atoms with Crippen molar-refractivity contribution in [3.05, 3.63) is 0 Å². The monoisotopic (exact) mass is 320 g/mol. The average Bonchev–Trinajstić information content (AvgIpc) is 2.36. The Hall–Kier alpha value is -0.240. The van der Waals surface area contributed by atoms with E-state index in [-0.39, 0.29) is 12.2 Å². The van der Waals surface area contributed by atoms with E-state index in [9.17, 15) is 5.11 Å². The van der Waals surface area contributed by atoms with Crippen LogP contribution in [0.2, 0.25) is 0 Å². The van der Waals surface area contributed by atoms with Gasteiger partial charge in [-0.1, -0.05) is 0 Å². The molecule has 22 heavy (non-hydrogen) atoms. The fraction of sp³-hybridized carbons (Fsp3) is 1.00. The van der Waals surface area contributed by atoms with Gasteiger partial charge in [0.2, 0.25) is 0 Å². The summed E-state index contributed by atoms with van der Waals surface area (Å²) < 4.78 is 28.3. The molecule has 0 saturated carbocycles. The molecule has 0 unspecified atom stereocenters. The van der Waals surface area contributed by atoms with Crippen molar-refractivity contribution in [3.8, 4) is 0 Å². The van der Waals surface area contributed by atoms with Gasteiger partial charge in [-0.3, -0.25) is 0 Å². The number of aliphatic hydroxyl groups is 1. The zero-order chi connectivity index (χ0) is 17.1. The van der Waals surface area contributed by atoms with Crippen molar-refractivity contribution < 1.29 is 28.8 Å². The van der Waals surface area contributed by atoms with Gasteiger partial charge in [-0.15, -0.1) is 0 Å². The van der Waals surface area contributed by atoms with E-state index in [0.29, 0.717) is 0 Å². The van der Waals surface area contributed by atoms with Gasteiger partial charge in [0, 0.05) is 14.2 Å². The van der Waals surface area contributed by atoms with Crippen LogP contribution in [0.1, 0.15) is 41.5 Å².